The number of amides is 4. The molecule has 0 spiro atoms. The molecule has 0 aliphatic rings. The number of carbonyl (C=O) groups is 9. The van der Waals surface area contributed by atoms with E-state index in [9.17, 15) is 43.2 Å². The number of nitrogens with one attached hydrogen (secondary N) is 4. The maximum atomic E-state index is 12.9. The van der Waals surface area contributed by atoms with Gasteiger partial charge < -0.3 is 46.5 Å². The summed E-state index contributed by atoms with van der Waals surface area (Å²) < 4.78 is 0. The Morgan fingerprint density at radius 3 is 1.21 bits per heavy atom. The van der Waals surface area contributed by atoms with Gasteiger partial charge in [-0.1, -0.05) is 0 Å². The van der Waals surface area contributed by atoms with E-state index < -0.39 is 110 Å². The van der Waals surface area contributed by atoms with Crippen LogP contribution in [0.15, 0.2) is 0 Å². The van der Waals surface area contributed by atoms with Crippen molar-refractivity contribution in [1.82, 2.24) is 21.3 Å². The molecule has 0 saturated carbocycles. The number of hydrogen-bond acceptors (Lipinski definition) is 9. The minimum atomic E-state index is -1.63. The molecule has 0 fully saturated rings. The van der Waals surface area contributed by atoms with Gasteiger partial charge in [0.2, 0.25) is 23.6 Å². The normalized spacial score (nSPS) is 13.5. The molecule has 0 unspecified atom stereocenters. The molecule has 17 nitrogen and oxygen atoms in total. The van der Waals surface area contributed by atoms with E-state index in [0.717, 1.165) is 6.92 Å². The van der Waals surface area contributed by atoms with E-state index in [4.69, 9.17) is 20.4 Å². The first-order valence-electron chi connectivity index (χ1n) is 11.2. The molecular formula is C21H30N4O13. The van der Waals surface area contributed by atoms with Crippen LogP contribution in [0.1, 0.15) is 51.9 Å². The van der Waals surface area contributed by atoms with Crippen LogP contribution < -0.4 is 21.3 Å². The lowest BCUT2D eigenvalue weighted by atomic mass is 10.1. The Hall–Kier alpha value is -4.57. The van der Waals surface area contributed by atoms with Crippen molar-refractivity contribution in [2.24, 2.45) is 0 Å². The largest absolute Gasteiger partial charge is 0.481 e. The molecule has 4 atom stereocenters. The van der Waals surface area contributed by atoms with Crippen molar-refractivity contribution in [2.45, 2.75) is 76.0 Å². The molecule has 0 radical (unpaired) electrons. The quantitative estimate of drug-likeness (QED) is 0.0761. The summed E-state index contributed by atoms with van der Waals surface area (Å²) in [6.07, 6.45) is -3.89. The van der Waals surface area contributed by atoms with Crippen molar-refractivity contribution < 1.29 is 63.6 Å². The Morgan fingerprint density at radius 1 is 0.579 bits per heavy atom. The average Bonchev–Trinajstić information content (AvgIpc) is 2.80. The van der Waals surface area contributed by atoms with E-state index in [1.807, 2.05) is 5.32 Å². The monoisotopic (exact) mass is 546 g/mol. The Kier molecular flexibility index (Phi) is 14.9. The molecule has 0 bridgehead atoms. The van der Waals surface area contributed by atoms with Crippen molar-refractivity contribution in [3.05, 3.63) is 0 Å². The second kappa shape index (κ2) is 17.0. The van der Waals surface area contributed by atoms with Gasteiger partial charge in [-0.25, -0.2) is 0 Å². The van der Waals surface area contributed by atoms with Crippen LogP contribution in [0.4, 0.5) is 0 Å². The molecule has 212 valence electrons. The second-order valence-corrected chi connectivity index (χ2v) is 8.02. The summed E-state index contributed by atoms with van der Waals surface area (Å²) in [4.78, 5) is 104. The predicted molar refractivity (Wildman–Crippen MR) is 122 cm³/mol. The second-order valence-electron chi connectivity index (χ2n) is 8.02. The third kappa shape index (κ3) is 14.7. The molecule has 0 aromatic heterocycles. The third-order valence-electron chi connectivity index (χ3n) is 4.79. The topological polar surface area (TPSA) is 283 Å². The molecule has 17 heteroatoms. The van der Waals surface area contributed by atoms with Gasteiger partial charge in [0.25, 0.3) is 0 Å². The van der Waals surface area contributed by atoms with Crippen LogP contribution in [0.3, 0.4) is 0 Å². The van der Waals surface area contributed by atoms with Crippen LogP contribution in [-0.4, -0.2) is 98.4 Å². The summed E-state index contributed by atoms with van der Waals surface area (Å²) in [5.74, 6) is -9.39. The minimum absolute atomic E-state index is 0.122. The number of aliphatic carboxylic acids is 4. The molecule has 0 rings (SSSR count). The predicted octanol–water partition coefficient (Wildman–Crippen LogP) is -2.79. The van der Waals surface area contributed by atoms with Crippen molar-refractivity contribution >= 4 is 53.8 Å². The van der Waals surface area contributed by atoms with Gasteiger partial charge in [-0.2, -0.15) is 0 Å². The molecule has 0 aliphatic carbocycles. The Morgan fingerprint density at radius 2 is 0.921 bits per heavy atom. The fraction of sp³-hybridized carbons (Fsp3) is 0.571. The van der Waals surface area contributed by atoms with Crippen LogP contribution in [0.25, 0.3) is 0 Å². The summed E-state index contributed by atoms with van der Waals surface area (Å²) in [6, 6.07) is -6.16. The summed E-state index contributed by atoms with van der Waals surface area (Å²) >= 11 is 0. The molecule has 0 aromatic rings. The molecular weight excluding hydrogens is 516 g/mol. The zero-order valence-corrected chi connectivity index (χ0v) is 20.3. The number of carbonyl (C=O) groups excluding carboxylic acids is 5. The Balaban J connectivity index is 5.80. The van der Waals surface area contributed by atoms with E-state index in [0.29, 0.717) is 0 Å². The van der Waals surface area contributed by atoms with E-state index in [2.05, 4.69) is 16.0 Å². The number of aldehydes is 1. The van der Waals surface area contributed by atoms with Crippen LogP contribution in [0.5, 0.6) is 0 Å². The Labute approximate surface area is 215 Å². The molecule has 0 heterocycles. The first kappa shape index (κ1) is 33.4. The highest BCUT2D eigenvalue weighted by Gasteiger charge is 2.31. The van der Waals surface area contributed by atoms with Gasteiger partial charge in [-0.3, -0.25) is 38.4 Å². The van der Waals surface area contributed by atoms with Crippen LogP contribution in [-0.2, 0) is 43.2 Å². The van der Waals surface area contributed by atoms with Crippen LogP contribution in [0.2, 0.25) is 0 Å². The zero-order valence-electron chi connectivity index (χ0n) is 20.3. The van der Waals surface area contributed by atoms with Crippen molar-refractivity contribution in [3.8, 4) is 0 Å². The maximum Gasteiger partial charge on any atom is 0.305 e. The van der Waals surface area contributed by atoms with E-state index in [1.54, 1.807) is 0 Å². The van der Waals surface area contributed by atoms with Crippen molar-refractivity contribution in [1.29, 1.82) is 0 Å². The van der Waals surface area contributed by atoms with Crippen molar-refractivity contribution in [2.75, 3.05) is 0 Å². The van der Waals surface area contributed by atoms with Gasteiger partial charge in [-0.05, 0) is 19.3 Å². The molecule has 0 saturated heterocycles. The van der Waals surface area contributed by atoms with Gasteiger partial charge in [0.1, 0.15) is 24.4 Å². The third-order valence-corrected chi connectivity index (χ3v) is 4.79. The standard InChI is InChI=1S/C21H30N4O13/c1-10(27)22-12(2-5-15(28)29)20(37)25-14(4-7-17(32)33)21(38)24-13(3-6-16(30)31)19(36)23-11(9-26)8-18(34)35/h9,11-14H,2-8H2,1H3,(H,22,27)(H,23,36)(H,24,38)(H,25,37)(H,28,29)(H,30,31)(H,32,33)(H,34,35)/t11-,12-,13-,14-/m0/s1. The van der Waals surface area contributed by atoms with Gasteiger partial charge in [0.05, 0.1) is 12.5 Å². The fourth-order valence-corrected chi connectivity index (χ4v) is 3.00. The van der Waals surface area contributed by atoms with E-state index in [-0.39, 0.29) is 12.7 Å². The van der Waals surface area contributed by atoms with Crippen LogP contribution in [0, 0.1) is 0 Å². The Bertz CT molecular complexity index is 936. The van der Waals surface area contributed by atoms with Gasteiger partial charge in [-0.15, -0.1) is 0 Å². The first-order chi connectivity index (χ1) is 17.7. The lowest BCUT2D eigenvalue weighted by molar-refractivity contribution is -0.140. The lowest BCUT2D eigenvalue weighted by Crippen LogP contribution is -2.57. The fourth-order valence-electron chi connectivity index (χ4n) is 3.00. The number of hydrogen-bond donors (Lipinski definition) is 8. The van der Waals surface area contributed by atoms with Crippen LogP contribution >= 0.6 is 0 Å². The highest BCUT2D eigenvalue weighted by atomic mass is 16.4. The highest BCUT2D eigenvalue weighted by Crippen LogP contribution is 2.06. The summed E-state index contributed by atoms with van der Waals surface area (Å²) in [5, 5.41) is 44.2. The summed E-state index contributed by atoms with van der Waals surface area (Å²) in [7, 11) is 0. The molecule has 4 amide bonds. The number of rotatable bonds is 19. The van der Waals surface area contributed by atoms with Crippen molar-refractivity contribution in [3.63, 3.8) is 0 Å². The smallest absolute Gasteiger partial charge is 0.305 e. The van der Waals surface area contributed by atoms with E-state index >= 15 is 0 Å². The van der Waals surface area contributed by atoms with E-state index in [1.165, 1.54) is 0 Å². The zero-order chi connectivity index (χ0) is 29.4. The molecule has 0 aliphatic heterocycles. The first-order valence-corrected chi connectivity index (χ1v) is 11.2. The van der Waals surface area contributed by atoms with Gasteiger partial charge >= 0.3 is 23.9 Å². The minimum Gasteiger partial charge on any atom is -0.481 e. The molecule has 38 heavy (non-hydrogen) atoms. The highest BCUT2D eigenvalue weighted by molar-refractivity contribution is 5.95. The molecule has 0 aromatic carbocycles. The molecule has 8 N–H and O–H groups in total. The maximum absolute atomic E-state index is 12.9. The number of carboxylic acid groups (broad SMARTS) is 4. The van der Waals surface area contributed by atoms with Gasteiger partial charge in [0, 0.05) is 26.2 Å². The summed E-state index contributed by atoms with van der Waals surface area (Å²) in [6.45, 7) is 1.05. The lowest BCUT2D eigenvalue weighted by Gasteiger charge is -2.25. The van der Waals surface area contributed by atoms with Gasteiger partial charge in [0.15, 0.2) is 0 Å². The average molecular weight is 546 g/mol. The number of carboxylic acids is 4. The SMILES string of the molecule is CC(=O)N[C@@H](CCC(=O)O)C(=O)N[C@@H](CCC(=O)O)C(=O)N[C@@H](CCC(=O)O)C(=O)N[C@H](C=O)CC(=O)O. The summed E-state index contributed by atoms with van der Waals surface area (Å²) in [5.41, 5.74) is 0.